The third-order valence-corrected chi connectivity index (χ3v) is 2.43. The van der Waals surface area contributed by atoms with Gasteiger partial charge >= 0.3 is 0 Å². The van der Waals surface area contributed by atoms with Gasteiger partial charge in [-0.1, -0.05) is 6.92 Å². The van der Waals surface area contributed by atoms with Crippen molar-refractivity contribution in [2.75, 3.05) is 0 Å². The third kappa shape index (κ3) is 1.69. The molecule has 0 spiro atoms. The number of pyridine rings is 1. The van der Waals surface area contributed by atoms with Crippen LogP contribution < -0.4 is 5.32 Å². The summed E-state index contributed by atoms with van der Waals surface area (Å²) in [6.07, 6.45) is 2.50. The van der Waals surface area contributed by atoms with E-state index in [0.29, 0.717) is 5.92 Å². The minimum atomic E-state index is -0.294. The highest BCUT2D eigenvalue weighted by Gasteiger charge is 2.34. The number of amides is 1. The monoisotopic (exact) mass is 192 g/mol. The van der Waals surface area contributed by atoms with Crippen LogP contribution >= 0.6 is 0 Å². The van der Waals surface area contributed by atoms with Crippen LogP contribution in [0.1, 0.15) is 23.8 Å². The lowest BCUT2D eigenvalue weighted by Gasteiger charge is -2.03. The minimum absolute atomic E-state index is 0.0710. The quantitative estimate of drug-likeness (QED) is 0.732. The van der Waals surface area contributed by atoms with E-state index in [1.54, 1.807) is 6.07 Å². The lowest BCUT2D eigenvalue weighted by molar-refractivity contribution is 0.0941. The first-order valence-electron chi connectivity index (χ1n) is 4.63. The fourth-order valence-electron chi connectivity index (χ4n) is 1.33. The molecular formula is C10H12N2O2. The molecule has 1 heterocycles. The largest absolute Gasteiger partial charge is 0.505 e. The molecule has 0 aromatic carbocycles. The predicted octanol–water partition coefficient (Wildman–Crippen LogP) is 0.925. The van der Waals surface area contributed by atoms with E-state index in [0.717, 1.165) is 6.42 Å². The maximum Gasteiger partial charge on any atom is 0.273 e. The third-order valence-electron chi connectivity index (χ3n) is 2.43. The molecule has 0 bridgehead atoms. The van der Waals surface area contributed by atoms with E-state index in [1.165, 1.54) is 12.3 Å². The van der Waals surface area contributed by atoms with Crippen LogP contribution in [0.4, 0.5) is 0 Å². The van der Waals surface area contributed by atoms with Crippen LogP contribution in [0.3, 0.4) is 0 Å². The molecule has 1 aliphatic rings. The smallest absolute Gasteiger partial charge is 0.273 e. The Hall–Kier alpha value is -1.58. The maximum absolute atomic E-state index is 11.5. The van der Waals surface area contributed by atoms with Gasteiger partial charge < -0.3 is 10.4 Å². The molecule has 1 fully saturated rings. The number of aromatic nitrogens is 1. The summed E-state index contributed by atoms with van der Waals surface area (Å²) in [7, 11) is 0. The zero-order chi connectivity index (χ0) is 10.1. The van der Waals surface area contributed by atoms with Crippen LogP contribution in [-0.2, 0) is 0 Å². The molecule has 0 aliphatic heterocycles. The number of nitrogens with one attached hydrogen (secondary N) is 1. The van der Waals surface area contributed by atoms with E-state index in [2.05, 4.69) is 17.2 Å². The summed E-state index contributed by atoms with van der Waals surface area (Å²) >= 11 is 0. The number of nitrogens with zero attached hydrogens (tertiary/aromatic N) is 1. The molecule has 0 saturated heterocycles. The standard InChI is InChI=1S/C10H12N2O2/c1-6-5-7(6)12-10(14)9-8(13)3-2-4-11-9/h2-4,6-7,13H,5H2,1H3,(H,12,14). The van der Waals surface area contributed by atoms with Crippen molar-refractivity contribution >= 4 is 5.91 Å². The van der Waals surface area contributed by atoms with Crippen molar-refractivity contribution in [3.63, 3.8) is 0 Å². The lowest BCUT2D eigenvalue weighted by atomic mass is 10.3. The zero-order valence-electron chi connectivity index (χ0n) is 7.90. The second-order valence-electron chi connectivity index (χ2n) is 3.66. The Balaban J connectivity index is 2.07. The zero-order valence-corrected chi connectivity index (χ0v) is 7.90. The van der Waals surface area contributed by atoms with Gasteiger partial charge in [-0.15, -0.1) is 0 Å². The highest BCUT2D eigenvalue weighted by atomic mass is 16.3. The normalized spacial score (nSPS) is 24.4. The summed E-state index contributed by atoms with van der Waals surface area (Å²) in [4.78, 5) is 15.3. The summed E-state index contributed by atoms with van der Waals surface area (Å²) in [6.45, 7) is 2.07. The van der Waals surface area contributed by atoms with Crippen molar-refractivity contribution in [2.24, 2.45) is 5.92 Å². The Labute approximate surface area is 82.0 Å². The first kappa shape index (κ1) is 8.99. The van der Waals surface area contributed by atoms with Crippen molar-refractivity contribution in [1.82, 2.24) is 10.3 Å². The van der Waals surface area contributed by atoms with Crippen molar-refractivity contribution < 1.29 is 9.90 Å². The van der Waals surface area contributed by atoms with Gasteiger partial charge in [-0.3, -0.25) is 4.79 Å². The number of rotatable bonds is 2. The Bertz CT molecular complexity index is 365. The van der Waals surface area contributed by atoms with E-state index in [1.807, 2.05) is 0 Å². The van der Waals surface area contributed by atoms with Crippen molar-refractivity contribution in [3.8, 4) is 5.75 Å². The number of carbonyl (C=O) groups excluding carboxylic acids is 1. The van der Waals surface area contributed by atoms with E-state index >= 15 is 0 Å². The molecular weight excluding hydrogens is 180 g/mol. The van der Waals surface area contributed by atoms with Crippen LogP contribution in [0.25, 0.3) is 0 Å². The summed E-state index contributed by atoms with van der Waals surface area (Å²) in [5.74, 6) is 0.181. The van der Waals surface area contributed by atoms with E-state index in [-0.39, 0.29) is 23.4 Å². The van der Waals surface area contributed by atoms with Gasteiger partial charge in [0.05, 0.1) is 0 Å². The first-order valence-corrected chi connectivity index (χ1v) is 4.63. The molecule has 2 rings (SSSR count). The topological polar surface area (TPSA) is 62.2 Å². The van der Waals surface area contributed by atoms with Gasteiger partial charge in [0.1, 0.15) is 5.75 Å². The maximum atomic E-state index is 11.5. The van der Waals surface area contributed by atoms with E-state index < -0.39 is 0 Å². The highest BCUT2D eigenvalue weighted by molar-refractivity contribution is 5.95. The van der Waals surface area contributed by atoms with Crippen molar-refractivity contribution in [1.29, 1.82) is 0 Å². The number of aromatic hydroxyl groups is 1. The molecule has 2 N–H and O–H groups in total. The molecule has 1 saturated carbocycles. The molecule has 14 heavy (non-hydrogen) atoms. The predicted molar refractivity (Wildman–Crippen MR) is 50.9 cm³/mol. The molecule has 0 radical (unpaired) electrons. The minimum Gasteiger partial charge on any atom is -0.505 e. The van der Waals surface area contributed by atoms with Crippen LogP contribution in [-0.4, -0.2) is 22.0 Å². The number of carbonyl (C=O) groups is 1. The number of hydrogen-bond donors (Lipinski definition) is 2. The molecule has 1 aliphatic carbocycles. The van der Waals surface area contributed by atoms with Gasteiger partial charge in [-0.05, 0) is 24.5 Å². The van der Waals surface area contributed by atoms with Crippen LogP contribution in [0.15, 0.2) is 18.3 Å². The fourth-order valence-corrected chi connectivity index (χ4v) is 1.33. The Morgan fingerprint density at radius 2 is 2.43 bits per heavy atom. The van der Waals surface area contributed by atoms with E-state index in [9.17, 15) is 9.90 Å². The molecule has 1 aromatic heterocycles. The number of hydrogen-bond acceptors (Lipinski definition) is 3. The Morgan fingerprint density at radius 3 is 3.00 bits per heavy atom. The second-order valence-corrected chi connectivity index (χ2v) is 3.66. The summed E-state index contributed by atoms with van der Waals surface area (Å²) in [5.41, 5.74) is 0.103. The molecule has 4 nitrogen and oxygen atoms in total. The van der Waals surface area contributed by atoms with Gasteiger partial charge in [0.25, 0.3) is 5.91 Å². The average molecular weight is 192 g/mol. The van der Waals surface area contributed by atoms with Gasteiger partial charge in [-0.25, -0.2) is 4.98 Å². The molecule has 2 atom stereocenters. The summed E-state index contributed by atoms with van der Waals surface area (Å²) in [5, 5.41) is 12.2. The van der Waals surface area contributed by atoms with Gasteiger partial charge in [0.2, 0.25) is 0 Å². The Kier molecular flexibility index (Phi) is 2.11. The van der Waals surface area contributed by atoms with Gasteiger partial charge in [0, 0.05) is 12.2 Å². The first-order chi connectivity index (χ1) is 6.68. The fraction of sp³-hybridized carbons (Fsp3) is 0.400. The summed E-state index contributed by atoms with van der Waals surface area (Å²) < 4.78 is 0. The Morgan fingerprint density at radius 1 is 1.71 bits per heavy atom. The lowest BCUT2D eigenvalue weighted by Crippen LogP contribution is -2.27. The van der Waals surface area contributed by atoms with Crippen LogP contribution in [0, 0.1) is 5.92 Å². The van der Waals surface area contributed by atoms with E-state index in [4.69, 9.17) is 0 Å². The second kappa shape index (κ2) is 3.29. The van der Waals surface area contributed by atoms with Crippen molar-refractivity contribution in [3.05, 3.63) is 24.0 Å². The molecule has 1 aromatic rings. The van der Waals surface area contributed by atoms with Crippen LogP contribution in [0.2, 0.25) is 0 Å². The van der Waals surface area contributed by atoms with Gasteiger partial charge in [-0.2, -0.15) is 0 Å². The van der Waals surface area contributed by atoms with Crippen molar-refractivity contribution in [2.45, 2.75) is 19.4 Å². The van der Waals surface area contributed by atoms with Crippen LogP contribution in [0.5, 0.6) is 5.75 Å². The molecule has 2 unspecified atom stereocenters. The summed E-state index contributed by atoms with van der Waals surface area (Å²) in [6, 6.07) is 3.30. The SMILES string of the molecule is CC1CC1NC(=O)c1ncccc1O. The molecule has 1 amide bonds. The van der Waals surface area contributed by atoms with Gasteiger partial charge in [0.15, 0.2) is 5.69 Å². The molecule has 4 heteroatoms. The average Bonchev–Trinajstić information content (AvgIpc) is 2.82. The molecule has 74 valence electrons. The highest BCUT2D eigenvalue weighted by Crippen LogP contribution is 2.29.